The molecule has 0 aliphatic carbocycles. The van der Waals surface area contributed by atoms with E-state index >= 15 is 0 Å². The zero-order chi connectivity index (χ0) is 20.1. The van der Waals surface area contributed by atoms with Gasteiger partial charge in [-0.05, 0) is 50.8 Å². The standard InChI is InChI=1S/C22H28N2O3S/c1-17-8-10-21(11-9-17)28(26,27)24-14-4-7-20(16-24)22(25)23-13-12-19-6-3-5-18(2)15-19/h3,5-6,8-11,15,20H,4,7,12-14,16H2,1-2H3,(H,23,25). The summed E-state index contributed by atoms with van der Waals surface area (Å²) in [6.45, 7) is 5.24. The minimum absolute atomic E-state index is 0.0588. The first kappa shape index (κ1) is 20.6. The van der Waals surface area contributed by atoms with E-state index in [0.29, 0.717) is 24.4 Å². The van der Waals surface area contributed by atoms with Gasteiger partial charge in [0.25, 0.3) is 0 Å². The number of nitrogens with zero attached hydrogens (tertiary/aromatic N) is 1. The minimum Gasteiger partial charge on any atom is -0.355 e. The van der Waals surface area contributed by atoms with Gasteiger partial charge < -0.3 is 5.32 Å². The average Bonchev–Trinajstić information content (AvgIpc) is 2.68. The average molecular weight is 401 g/mol. The summed E-state index contributed by atoms with van der Waals surface area (Å²) in [4.78, 5) is 12.9. The molecule has 1 N–H and O–H groups in total. The highest BCUT2D eigenvalue weighted by Gasteiger charge is 2.33. The smallest absolute Gasteiger partial charge is 0.243 e. The summed E-state index contributed by atoms with van der Waals surface area (Å²) < 4.78 is 27.2. The van der Waals surface area contributed by atoms with Gasteiger partial charge in [-0.15, -0.1) is 0 Å². The number of piperidine rings is 1. The molecule has 28 heavy (non-hydrogen) atoms. The van der Waals surface area contributed by atoms with Crippen molar-refractivity contribution < 1.29 is 13.2 Å². The minimum atomic E-state index is -3.56. The van der Waals surface area contributed by atoms with Crippen LogP contribution >= 0.6 is 0 Å². The Morgan fingerprint density at radius 2 is 1.86 bits per heavy atom. The summed E-state index contributed by atoms with van der Waals surface area (Å²) in [7, 11) is -3.56. The highest BCUT2D eigenvalue weighted by molar-refractivity contribution is 7.89. The van der Waals surface area contributed by atoms with Crippen LogP contribution in [0.3, 0.4) is 0 Å². The van der Waals surface area contributed by atoms with Crippen molar-refractivity contribution in [2.24, 2.45) is 5.92 Å². The molecule has 1 aliphatic heterocycles. The van der Waals surface area contributed by atoms with Crippen LogP contribution < -0.4 is 5.32 Å². The van der Waals surface area contributed by atoms with Crippen molar-refractivity contribution in [2.75, 3.05) is 19.6 Å². The molecule has 0 saturated carbocycles. The molecule has 1 aliphatic rings. The Morgan fingerprint density at radius 3 is 2.57 bits per heavy atom. The molecule has 2 aromatic carbocycles. The van der Waals surface area contributed by atoms with Gasteiger partial charge in [0.05, 0.1) is 10.8 Å². The molecule has 1 heterocycles. The van der Waals surface area contributed by atoms with Crippen LogP contribution in [-0.2, 0) is 21.2 Å². The fourth-order valence-electron chi connectivity index (χ4n) is 3.58. The van der Waals surface area contributed by atoms with Crippen LogP contribution in [0.2, 0.25) is 0 Å². The Labute approximate surface area is 167 Å². The van der Waals surface area contributed by atoms with E-state index in [1.54, 1.807) is 24.3 Å². The molecule has 1 fully saturated rings. The quantitative estimate of drug-likeness (QED) is 0.810. The summed E-state index contributed by atoms with van der Waals surface area (Å²) in [6, 6.07) is 15.1. The molecule has 1 unspecified atom stereocenters. The number of hydrogen-bond acceptors (Lipinski definition) is 3. The molecule has 0 spiro atoms. The van der Waals surface area contributed by atoms with Crippen LogP contribution in [0.4, 0.5) is 0 Å². The van der Waals surface area contributed by atoms with Crippen molar-refractivity contribution >= 4 is 15.9 Å². The molecule has 0 aromatic heterocycles. The Morgan fingerprint density at radius 1 is 1.11 bits per heavy atom. The van der Waals surface area contributed by atoms with Crippen LogP contribution in [0.1, 0.15) is 29.5 Å². The number of nitrogens with one attached hydrogen (secondary N) is 1. The molecule has 1 amide bonds. The maximum Gasteiger partial charge on any atom is 0.243 e. The largest absolute Gasteiger partial charge is 0.355 e. The highest BCUT2D eigenvalue weighted by atomic mass is 32.2. The number of hydrogen-bond donors (Lipinski definition) is 1. The number of sulfonamides is 1. The molecule has 0 bridgehead atoms. The van der Waals surface area contributed by atoms with Crippen molar-refractivity contribution in [3.63, 3.8) is 0 Å². The Kier molecular flexibility index (Phi) is 6.52. The first-order valence-electron chi connectivity index (χ1n) is 9.76. The van der Waals surface area contributed by atoms with Gasteiger partial charge in [-0.3, -0.25) is 4.79 Å². The lowest BCUT2D eigenvalue weighted by atomic mass is 9.98. The first-order valence-corrected chi connectivity index (χ1v) is 11.2. The van der Waals surface area contributed by atoms with E-state index in [9.17, 15) is 13.2 Å². The molecule has 3 rings (SSSR count). The van der Waals surface area contributed by atoms with E-state index in [1.807, 2.05) is 26.0 Å². The lowest BCUT2D eigenvalue weighted by Gasteiger charge is -2.31. The van der Waals surface area contributed by atoms with Gasteiger partial charge in [0.1, 0.15) is 0 Å². The Bertz CT molecular complexity index is 923. The number of rotatable bonds is 6. The number of carbonyl (C=O) groups is 1. The van der Waals surface area contributed by atoms with Crippen molar-refractivity contribution in [1.29, 1.82) is 0 Å². The van der Waals surface area contributed by atoms with E-state index in [4.69, 9.17) is 0 Å². The highest BCUT2D eigenvalue weighted by Crippen LogP contribution is 2.24. The summed E-state index contributed by atoms with van der Waals surface area (Å²) in [5.41, 5.74) is 3.41. The predicted molar refractivity (Wildman–Crippen MR) is 111 cm³/mol. The molecular formula is C22H28N2O3S. The molecular weight excluding hydrogens is 372 g/mol. The molecule has 1 atom stereocenters. The molecule has 1 saturated heterocycles. The lowest BCUT2D eigenvalue weighted by Crippen LogP contribution is -2.45. The van der Waals surface area contributed by atoms with Crippen molar-refractivity contribution in [3.05, 3.63) is 65.2 Å². The fraction of sp³-hybridized carbons (Fsp3) is 0.409. The fourth-order valence-corrected chi connectivity index (χ4v) is 5.10. The van der Waals surface area contributed by atoms with E-state index in [2.05, 4.69) is 17.4 Å². The topological polar surface area (TPSA) is 66.5 Å². The third-order valence-electron chi connectivity index (χ3n) is 5.21. The molecule has 6 heteroatoms. The van der Waals surface area contributed by atoms with Crippen LogP contribution in [0.15, 0.2) is 53.4 Å². The number of carbonyl (C=O) groups excluding carboxylic acids is 1. The Hall–Kier alpha value is -2.18. The number of amides is 1. The summed E-state index contributed by atoms with van der Waals surface area (Å²) >= 11 is 0. The molecule has 0 radical (unpaired) electrons. The van der Waals surface area contributed by atoms with Gasteiger partial charge in [-0.2, -0.15) is 4.31 Å². The van der Waals surface area contributed by atoms with E-state index in [0.717, 1.165) is 18.4 Å². The van der Waals surface area contributed by atoms with Crippen molar-refractivity contribution in [2.45, 2.75) is 38.0 Å². The van der Waals surface area contributed by atoms with Gasteiger partial charge in [-0.1, -0.05) is 47.5 Å². The van der Waals surface area contributed by atoms with Gasteiger partial charge in [-0.25, -0.2) is 8.42 Å². The van der Waals surface area contributed by atoms with Crippen molar-refractivity contribution in [3.8, 4) is 0 Å². The third-order valence-corrected chi connectivity index (χ3v) is 7.09. The van der Waals surface area contributed by atoms with E-state index < -0.39 is 10.0 Å². The number of aryl methyl sites for hydroxylation is 2. The second-order valence-electron chi connectivity index (χ2n) is 7.55. The van der Waals surface area contributed by atoms with Gasteiger partial charge in [0.2, 0.25) is 15.9 Å². The van der Waals surface area contributed by atoms with E-state index in [-0.39, 0.29) is 18.4 Å². The number of benzene rings is 2. The van der Waals surface area contributed by atoms with Crippen molar-refractivity contribution in [1.82, 2.24) is 9.62 Å². The second kappa shape index (κ2) is 8.88. The summed E-state index contributed by atoms with van der Waals surface area (Å²) in [5.74, 6) is -0.358. The Balaban J connectivity index is 1.57. The lowest BCUT2D eigenvalue weighted by molar-refractivity contribution is -0.126. The third kappa shape index (κ3) is 5.00. The maximum absolute atomic E-state index is 12.9. The van der Waals surface area contributed by atoms with Crippen LogP contribution in [-0.4, -0.2) is 38.3 Å². The summed E-state index contributed by atoms with van der Waals surface area (Å²) in [5, 5.41) is 2.98. The van der Waals surface area contributed by atoms with Gasteiger partial charge in [0, 0.05) is 19.6 Å². The first-order chi connectivity index (χ1) is 13.4. The van der Waals surface area contributed by atoms with Gasteiger partial charge >= 0.3 is 0 Å². The van der Waals surface area contributed by atoms with Crippen LogP contribution in [0.5, 0.6) is 0 Å². The summed E-state index contributed by atoms with van der Waals surface area (Å²) in [6.07, 6.45) is 2.18. The second-order valence-corrected chi connectivity index (χ2v) is 9.48. The maximum atomic E-state index is 12.9. The van der Waals surface area contributed by atoms with E-state index in [1.165, 1.54) is 15.4 Å². The molecule has 5 nitrogen and oxygen atoms in total. The zero-order valence-electron chi connectivity index (χ0n) is 16.5. The monoisotopic (exact) mass is 400 g/mol. The zero-order valence-corrected chi connectivity index (χ0v) is 17.3. The van der Waals surface area contributed by atoms with Gasteiger partial charge in [0.15, 0.2) is 0 Å². The van der Waals surface area contributed by atoms with Crippen LogP contribution in [0, 0.1) is 19.8 Å². The predicted octanol–water partition coefficient (Wildman–Crippen LogP) is 3.06. The molecule has 2 aromatic rings. The normalized spacial score (nSPS) is 18.0. The molecule has 150 valence electrons. The SMILES string of the molecule is Cc1ccc(S(=O)(=O)N2CCCC(C(=O)NCCc3cccc(C)c3)C2)cc1. The van der Waals surface area contributed by atoms with Crippen LogP contribution in [0.25, 0.3) is 0 Å².